The molecule has 5 nitrogen and oxygen atoms in total. The summed E-state index contributed by atoms with van der Waals surface area (Å²) in [5, 5.41) is 23.7. The Bertz CT molecular complexity index is 622. The van der Waals surface area contributed by atoms with E-state index in [-0.39, 0.29) is 23.0 Å². The molecule has 0 aliphatic heterocycles. The lowest BCUT2D eigenvalue weighted by atomic mass is 10.1. The van der Waals surface area contributed by atoms with Crippen molar-refractivity contribution in [2.24, 2.45) is 7.05 Å². The molecule has 1 aromatic carbocycles. The fraction of sp³-hybridized carbons (Fsp3) is 0.231. The summed E-state index contributed by atoms with van der Waals surface area (Å²) in [7, 11) is 1.83. The number of rotatable bonds is 4. The van der Waals surface area contributed by atoms with Crippen LogP contribution in [0.3, 0.4) is 0 Å². The molecule has 2 aromatic rings. The molecule has 0 bridgehead atoms. The predicted octanol–water partition coefficient (Wildman–Crippen LogP) is 2.11. The summed E-state index contributed by atoms with van der Waals surface area (Å²) in [5.41, 5.74) is 1.28. The Hall–Kier alpha value is -1.95. The van der Waals surface area contributed by atoms with Crippen LogP contribution in [0, 0.1) is 6.92 Å². The summed E-state index contributed by atoms with van der Waals surface area (Å²) in [5.74, 6) is -0.374. The third kappa shape index (κ3) is 3.08. The Labute approximate surface area is 114 Å². The fourth-order valence-electron chi connectivity index (χ4n) is 1.64. The van der Waals surface area contributed by atoms with Gasteiger partial charge in [0.2, 0.25) is 0 Å². The largest absolute Gasteiger partial charge is 0.504 e. The van der Waals surface area contributed by atoms with Crippen molar-refractivity contribution < 1.29 is 15.0 Å². The van der Waals surface area contributed by atoms with Gasteiger partial charge in [-0.3, -0.25) is 9.48 Å². The maximum atomic E-state index is 12.0. The van der Waals surface area contributed by atoms with Crippen LogP contribution in [-0.4, -0.2) is 31.5 Å². The van der Waals surface area contributed by atoms with Gasteiger partial charge in [-0.05, 0) is 31.2 Å². The molecule has 0 spiro atoms. The molecular weight excluding hydrogens is 264 g/mol. The minimum atomic E-state index is -0.285. The second-order valence-corrected chi connectivity index (χ2v) is 5.16. The van der Waals surface area contributed by atoms with Crippen LogP contribution >= 0.6 is 11.8 Å². The molecule has 0 saturated carbocycles. The molecule has 0 radical (unpaired) electrons. The van der Waals surface area contributed by atoms with Crippen molar-refractivity contribution >= 4 is 17.5 Å². The van der Waals surface area contributed by atoms with Crippen molar-refractivity contribution in [1.29, 1.82) is 0 Å². The lowest BCUT2D eigenvalue weighted by Crippen LogP contribution is -2.03. The zero-order chi connectivity index (χ0) is 14.0. The number of Topliss-reactive ketones (excluding diaryl/α,β-unsaturated/α-hetero) is 1. The highest BCUT2D eigenvalue weighted by molar-refractivity contribution is 7.99. The maximum absolute atomic E-state index is 12.0. The number of thioether (sulfide) groups is 1. The van der Waals surface area contributed by atoms with Gasteiger partial charge in [0.05, 0.1) is 16.5 Å². The molecule has 0 unspecified atom stereocenters. The fourth-order valence-corrected chi connectivity index (χ4v) is 2.57. The Morgan fingerprint density at radius 3 is 2.63 bits per heavy atom. The zero-order valence-electron chi connectivity index (χ0n) is 10.6. The van der Waals surface area contributed by atoms with Crippen LogP contribution in [0.15, 0.2) is 29.3 Å². The first-order chi connectivity index (χ1) is 8.97. The Morgan fingerprint density at radius 1 is 1.32 bits per heavy atom. The highest BCUT2D eigenvalue weighted by atomic mass is 32.2. The summed E-state index contributed by atoms with van der Waals surface area (Å²) < 4.78 is 1.72. The van der Waals surface area contributed by atoms with Crippen molar-refractivity contribution in [2.75, 3.05) is 5.75 Å². The molecule has 0 atom stereocenters. The van der Waals surface area contributed by atoms with Gasteiger partial charge < -0.3 is 10.2 Å². The quantitative estimate of drug-likeness (QED) is 0.509. The second kappa shape index (κ2) is 5.36. The number of aromatic nitrogens is 2. The van der Waals surface area contributed by atoms with Gasteiger partial charge in [-0.15, -0.1) is 0 Å². The van der Waals surface area contributed by atoms with E-state index in [1.165, 1.54) is 30.0 Å². The van der Waals surface area contributed by atoms with Crippen LogP contribution < -0.4 is 0 Å². The van der Waals surface area contributed by atoms with Crippen molar-refractivity contribution in [1.82, 2.24) is 9.78 Å². The molecule has 0 aliphatic carbocycles. The van der Waals surface area contributed by atoms with E-state index in [0.29, 0.717) is 5.56 Å². The molecule has 0 fully saturated rings. The van der Waals surface area contributed by atoms with E-state index in [4.69, 9.17) is 0 Å². The molecule has 19 heavy (non-hydrogen) atoms. The molecule has 2 N–H and O–H groups in total. The van der Waals surface area contributed by atoms with Gasteiger partial charge in [-0.25, -0.2) is 0 Å². The Morgan fingerprint density at radius 2 is 2.05 bits per heavy atom. The molecule has 0 saturated heterocycles. The highest BCUT2D eigenvalue weighted by Gasteiger charge is 2.11. The molecule has 2 rings (SSSR count). The summed E-state index contributed by atoms with van der Waals surface area (Å²) >= 11 is 1.39. The summed E-state index contributed by atoms with van der Waals surface area (Å²) in [6.07, 6.45) is 0. The first-order valence-electron chi connectivity index (χ1n) is 5.66. The molecule has 6 heteroatoms. The normalized spacial score (nSPS) is 10.6. The van der Waals surface area contributed by atoms with E-state index in [1.54, 1.807) is 4.68 Å². The molecule has 1 heterocycles. The molecule has 1 aromatic heterocycles. The molecular formula is C13H14N2O3S. The Balaban J connectivity index is 2.05. The summed E-state index contributed by atoms with van der Waals surface area (Å²) in [6.45, 7) is 1.89. The second-order valence-electron chi connectivity index (χ2n) is 4.16. The Kier molecular flexibility index (Phi) is 3.80. The van der Waals surface area contributed by atoms with Crippen LogP contribution in [0.4, 0.5) is 0 Å². The van der Waals surface area contributed by atoms with Gasteiger partial charge in [-0.1, -0.05) is 11.8 Å². The number of aryl methyl sites for hydroxylation is 2. The number of ketones is 1. The maximum Gasteiger partial charge on any atom is 0.173 e. The standard InChI is InChI=1S/C13H14N2O3S/c1-8-5-13(15(2)14-8)19-7-12(18)9-3-4-10(16)11(17)6-9/h3-6,16-17H,7H2,1-2H3. The van der Waals surface area contributed by atoms with Crippen LogP contribution in [0.2, 0.25) is 0 Å². The average molecular weight is 278 g/mol. The van der Waals surface area contributed by atoms with Gasteiger partial charge >= 0.3 is 0 Å². The van der Waals surface area contributed by atoms with Gasteiger partial charge in [0.15, 0.2) is 17.3 Å². The van der Waals surface area contributed by atoms with Crippen molar-refractivity contribution in [2.45, 2.75) is 11.9 Å². The van der Waals surface area contributed by atoms with Crippen LogP contribution in [0.25, 0.3) is 0 Å². The van der Waals surface area contributed by atoms with E-state index in [2.05, 4.69) is 5.10 Å². The number of phenolic OH excluding ortho intramolecular Hbond substituents is 2. The number of benzene rings is 1. The predicted molar refractivity (Wildman–Crippen MR) is 72.8 cm³/mol. The zero-order valence-corrected chi connectivity index (χ0v) is 11.4. The minimum absolute atomic E-state index is 0.112. The van der Waals surface area contributed by atoms with E-state index >= 15 is 0 Å². The third-order valence-electron chi connectivity index (χ3n) is 2.61. The highest BCUT2D eigenvalue weighted by Crippen LogP contribution is 2.26. The number of nitrogens with zero attached hydrogens (tertiary/aromatic N) is 2. The first kappa shape index (κ1) is 13.5. The minimum Gasteiger partial charge on any atom is -0.504 e. The van der Waals surface area contributed by atoms with Crippen LogP contribution in [0.1, 0.15) is 16.1 Å². The first-order valence-corrected chi connectivity index (χ1v) is 6.64. The monoisotopic (exact) mass is 278 g/mol. The lowest BCUT2D eigenvalue weighted by molar-refractivity contribution is 0.102. The van der Waals surface area contributed by atoms with Crippen molar-refractivity contribution in [3.05, 3.63) is 35.5 Å². The number of carbonyl (C=O) groups excluding carboxylic acids is 1. The summed E-state index contributed by atoms with van der Waals surface area (Å²) in [6, 6.07) is 5.98. The lowest BCUT2D eigenvalue weighted by Gasteiger charge is -2.03. The van der Waals surface area contributed by atoms with E-state index < -0.39 is 0 Å². The number of hydrogen-bond donors (Lipinski definition) is 2. The van der Waals surface area contributed by atoms with Gasteiger partial charge in [0, 0.05) is 12.6 Å². The number of aromatic hydroxyl groups is 2. The van der Waals surface area contributed by atoms with E-state index in [1.807, 2.05) is 20.0 Å². The SMILES string of the molecule is Cc1cc(SCC(=O)c2ccc(O)c(O)c2)n(C)n1. The summed E-state index contributed by atoms with van der Waals surface area (Å²) in [4.78, 5) is 12.0. The van der Waals surface area contributed by atoms with Crippen LogP contribution in [0.5, 0.6) is 11.5 Å². The molecule has 100 valence electrons. The van der Waals surface area contributed by atoms with Gasteiger partial charge in [0.25, 0.3) is 0 Å². The van der Waals surface area contributed by atoms with Gasteiger partial charge in [0.1, 0.15) is 0 Å². The molecule has 0 amide bonds. The van der Waals surface area contributed by atoms with E-state index in [9.17, 15) is 15.0 Å². The molecule has 0 aliphatic rings. The van der Waals surface area contributed by atoms with Gasteiger partial charge in [-0.2, -0.15) is 5.10 Å². The van der Waals surface area contributed by atoms with Crippen LogP contribution in [-0.2, 0) is 7.05 Å². The van der Waals surface area contributed by atoms with Crippen molar-refractivity contribution in [3.63, 3.8) is 0 Å². The average Bonchev–Trinajstić information content (AvgIpc) is 2.68. The number of carbonyl (C=O) groups is 1. The number of phenols is 2. The number of hydrogen-bond acceptors (Lipinski definition) is 5. The van der Waals surface area contributed by atoms with Crippen molar-refractivity contribution in [3.8, 4) is 11.5 Å². The van der Waals surface area contributed by atoms with E-state index in [0.717, 1.165) is 10.7 Å². The topological polar surface area (TPSA) is 75.3 Å². The third-order valence-corrected chi connectivity index (χ3v) is 3.69. The smallest absolute Gasteiger partial charge is 0.173 e.